The third-order valence-electron chi connectivity index (χ3n) is 3.22. The number of fused-ring (bicyclic) bond motifs is 1. The predicted molar refractivity (Wildman–Crippen MR) is 79.8 cm³/mol. The number of hydrogen-bond acceptors (Lipinski definition) is 4. The van der Waals surface area contributed by atoms with Gasteiger partial charge in [-0.05, 0) is 35.9 Å². The average molecular weight is 269 g/mol. The molecule has 0 saturated carbocycles. The predicted octanol–water partition coefficient (Wildman–Crippen LogP) is 2.34. The lowest BCUT2D eigenvalue weighted by molar-refractivity contribution is 0.555. The topological polar surface area (TPSA) is 75.3 Å². The highest BCUT2D eigenvalue weighted by Gasteiger charge is 2.06. The lowest BCUT2D eigenvalue weighted by Gasteiger charge is -2.19. The second kappa shape index (κ2) is 4.77. The fourth-order valence-corrected chi connectivity index (χ4v) is 2.22. The largest absolute Gasteiger partial charge is 0.417 e. The van der Waals surface area contributed by atoms with Gasteiger partial charge in [0.1, 0.15) is 0 Å². The number of anilines is 2. The molecule has 0 aliphatic carbocycles. The zero-order chi connectivity index (χ0) is 14.1. The Balaban J connectivity index is 1.86. The minimum Gasteiger partial charge on any atom is -0.408 e. The molecule has 20 heavy (non-hydrogen) atoms. The van der Waals surface area contributed by atoms with Crippen molar-refractivity contribution in [2.45, 2.75) is 6.54 Å². The summed E-state index contributed by atoms with van der Waals surface area (Å²) in [5.74, 6) is -0.429. The molecule has 0 aliphatic rings. The summed E-state index contributed by atoms with van der Waals surface area (Å²) in [4.78, 5) is 15.8. The second-order valence-electron chi connectivity index (χ2n) is 4.80. The van der Waals surface area contributed by atoms with Crippen LogP contribution in [0.25, 0.3) is 11.1 Å². The van der Waals surface area contributed by atoms with Crippen molar-refractivity contribution >= 4 is 22.5 Å². The van der Waals surface area contributed by atoms with E-state index >= 15 is 0 Å². The number of rotatable bonds is 3. The average Bonchev–Trinajstić information content (AvgIpc) is 2.78. The molecule has 0 spiro atoms. The van der Waals surface area contributed by atoms with Crippen molar-refractivity contribution in [3.8, 4) is 0 Å². The van der Waals surface area contributed by atoms with Crippen LogP contribution in [0.1, 0.15) is 5.56 Å². The number of hydrogen-bond donors (Lipinski definition) is 2. The van der Waals surface area contributed by atoms with E-state index in [9.17, 15) is 4.79 Å². The highest BCUT2D eigenvalue weighted by molar-refractivity contribution is 5.72. The van der Waals surface area contributed by atoms with Crippen LogP contribution in [0.5, 0.6) is 0 Å². The smallest absolute Gasteiger partial charge is 0.408 e. The molecule has 0 amide bonds. The van der Waals surface area contributed by atoms with Crippen molar-refractivity contribution in [2.24, 2.45) is 0 Å². The maximum Gasteiger partial charge on any atom is 0.417 e. The molecule has 0 unspecified atom stereocenters. The Hall–Kier alpha value is -2.69. The Morgan fingerprint density at radius 3 is 2.90 bits per heavy atom. The van der Waals surface area contributed by atoms with Crippen LogP contribution < -0.4 is 16.4 Å². The van der Waals surface area contributed by atoms with E-state index in [-0.39, 0.29) is 0 Å². The van der Waals surface area contributed by atoms with Crippen molar-refractivity contribution in [3.05, 3.63) is 58.6 Å². The molecule has 0 bridgehead atoms. The Kier molecular flexibility index (Phi) is 2.95. The quantitative estimate of drug-likeness (QED) is 0.716. The Bertz CT molecular complexity index is 804. The molecular weight excluding hydrogens is 254 g/mol. The van der Waals surface area contributed by atoms with Crippen LogP contribution >= 0.6 is 0 Å². The molecule has 3 aromatic rings. The van der Waals surface area contributed by atoms with Gasteiger partial charge in [0.2, 0.25) is 0 Å². The van der Waals surface area contributed by atoms with E-state index in [2.05, 4.69) is 9.88 Å². The molecule has 102 valence electrons. The normalized spacial score (nSPS) is 10.8. The van der Waals surface area contributed by atoms with Crippen molar-refractivity contribution in [3.63, 3.8) is 0 Å². The summed E-state index contributed by atoms with van der Waals surface area (Å²) < 4.78 is 5.07. The lowest BCUT2D eigenvalue weighted by Crippen LogP contribution is -2.16. The maximum atomic E-state index is 11.1. The van der Waals surface area contributed by atoms with Gasteiger partial charge in [-0.15, -0.1) is 0 Å². The summed E-state index contributed by atoms with van der Waals surface area (Å²) in [6.07, 6.45) is 0. The molecule has 0 fully saturated rings. The van der Waals surface area contributed by atoms with E-state index in [0.717, 1.165) is 16.9 Å². The number of nitrogens with two attached hydrogens (primary N) is 1. The molecule has 2 aromatic carbocycles. The number of nitrogens with one attached hydrogen (secondary N) is 1. The molecule has 1 aromatic heterocycles. The van der Waals surface area contributed by atoms with Gasteiger partial charge in [-0.1, -0.05) is 12.1 Å². The summed E-state index contributed by atoms with van der Waals surface area (Å²) in [7, 11) is 1.99. The highest BCUT2D eigenvalue weighted by atomic mass is 16.4. The van der Waals surface area contributed by atoms with Gasteiger partial charge in [0.15, 0.2) is 5.58 Å². The molecule has 0 saturated heterocycles. The van der Waals surface area contributed by atoms with Gasteiger partial charge in [-0.2, -0.15) is 0 Å². The van der Waals surface area contributed by atoms with E-state index in [1.807, 2.05) is 49.5 Å². The van der Waals surface area contributed by atoms with Crippen molar-refractivity contribution in [1.82, 2.24) is 4.98 Å². The fraction of sp³-hybridized carbons (Fsp3) is 0.133. The van der Waals surface area contributed by atoms with Crippen LogP contribution in [0.3, 0.4) is 0 Å². The van der Waals surface area contributed by atoms with Gasteiger partial charge in [0.25, 0.3) is 0 Å². The van der Waals surface area contributed by atoms with Crippen LogP contribution in [0.2, 0.25) is 0 Å². The number of aromatic nitrogens is 1. The second-order valence-corrected chi connectivity index (χ2v) is 4.80. The molecule has 1 heterocycles. The first-order valence-corrected chi connectivity index (χ1v) is 6.30. The standard InChI is InChI=1S/C15H15N3O2/c1-18(12-4-2-3-11(16)8-12)9-10-5-6-13-14(7-10)20-15(19)17-13/h2-8H,9,16H2,1H3,(H,17,19). The van der Waals surface area contributed by atoms with Gasteiger partial charge in [-0.25, -0.2) is 4.79 Å². The Labute approximate surface area is 115 Å². The van der Waals surface area contributed by atoms with E-state index < -0.39 is 5.76 Å². The van der Waals surface area contributed by atoms with Crippen LogP contribution in [0.4, 0.5) is 11.4 Å². The molecule has 3 N–H and O–H groups in total. The van der Waals surface area contributed by atoms with E-state index in [1.54, 1.807) is 0 Å². The van der Waals surface area contributed by atoms with Crippen LogP contribution in [0, 0.1) is 0 Å². The maximum absolute atomic E-state index is 11.1. The van der Waals surface area contributed by atoms with E-state index in [4.69, 9.17) is 10.2 Å². The zero-order valence-electron chi connectivity index (χ0n) is 11.1. The lowest BCUT2D eigenvalue weighted by atomic mass is 10.2. The Morgan fingerprint density at radius 1 is 1.25 bits per heavy atom. The minimum absolute atomic E-state index is 0.429. The van der Waals surface area contributed by atoms with Crippen LogP contribution in [0.15, 0.2) is 51.7 Å². The monoisotopic (exact) mass is 269 g/mol. The van der Waals surface area contributed by atoms with Gasteiger partial charge in [0, 0.05) is 25.0 Å². The molecular formula is C15H15N3O2. The first-order chi connectivity index (χ1) is 9.61. The highest BCUT2D eigenvalue weighted by Crippen LogP contribution is 2.19. The molecule has 0 radical (unpaired) electrons. The number of nitrogen functional groups attached to an aromatic ring is 1. The molecule has 0 aliphatic heterocycles. The summed E-state index contributed by atoms with van der Waals surface area (Å²) in [5, 5.41) is 0. The molecule has 3 rings (SSSR count). The Morgan fingerprint density at radius 2 is 2.10 bits per heavy atom. The van der Waals surface area contributed by atoms with Gasteiger partial charge in [-0.3, -0.25) is 4.98 Å². The van der Waals surface area contributed by atoms with E-state index in [0.29, 0.717) is 17.6 Å². The molecule has 5 heteroatoms. The van der Waals surface area contributed by atoms with Gasteiger partial charge in [0.05, 0.1) is 5.52 Å². The van der Waals surface area contributed by atoms with E-state index in [1.165, 1.54) is 0 Å². The fourth-order valence-electron chi connectivity index (χ4n) is 2.22. The summed E-state index contributed by atoms with van der Waals surface area (Å²) >= 11 is 0. The third-order valence-corrected chi connectivity index (χ3v) is 3.22. The van der Waals surface area contributed by atoms with Crippen LogP contribution in [-0.4, -0.2) is 12.0 Å². The summed E-state index contributed by atoms with van der Waals surface area (Å²) in [6.45, 7) is 0.703. The van der Waals surface area contributed by atoms with Crippen LogP contribution in [-0.2, 0) is 6.54 Å². The number of oxazole rings is 1. The number of aromatic amines is 1. The van der Waals surface area contributed by atoms with Crippen molar-refractivity contribution < 1.29 is 4.42 Å². The zero-order valence-corrected chi connectivity index (χ0v) is 11.1. The summed E-state index contributed by atoms with van der Waals surface area (Å²) in [5.41, 5.74) is 9.92. The van der Waals surface area contributed by atoms with Crippen molar-refractivity contribution in [2.75, 3.05) is 17.7 Å². The van der Waals surface area contributed by atoms with Gasteiger partial charge >= 0.3 is 5.76 Å². The SMILES string of the molecule is CN(Cc1ccc2[nH]c(=O)oc2c1)c1cccc(N)c1. The first kappa shape index (κ1) is 12.3. The molecule has 5 nitrogen and oxygen atoms in total. The number of nitrogens with zero attached hydrogens (tertiary/aromatic N) is 1. The number of benzene rings is 2. The first-order valence-electron chi connectivity index (χ1n) is 6.30. The molecule has 0 atom stereocenters. The minimum atomic E-state index is -0.429. The summed E-state index contributed by atoms with van der Waals surface area (Å²) in [6, 6.07) is 13.4. The number of H-pyrrole nitrogens is 1. The third kappa shape index (κ3) is 2.38. The van der Waals surface area contributed by atoms with Gasteiger partial charge < -0.3 is 15.1 Å². The van der Waals surface area contributed by atoms with Crippen molar-refractivity contribution in [1.29, 1.82) is 0 Å².